The molecule has 1 aliphatic rings. The first-order chi connectivity index (χ1) is 11.0. The molecule has 1 aliphatic heterocycles. The van der Waals surface area contributed by atoms with E-state index in [1.54, 1.807) is 11.8 Å². The lowest BCUT2D eigenvalue weighted by Gasteiger charge is -2.33. The van der Waals surface area contributed by atoms with Gasteiger partial charge in [-0.3, -0.25) is 4.79 Å². The molecule has 6 heteroatoms. The molecule has 130 valence electrons. The smallest absolute Gasteiger partial charge is 0.226 e. The molecule has 0 bridgehead atoms. The molecule has 1 fully saturated rings. The lowest BCUT2D eigenvalue weighted by Crippen LogP contribution is -2.43. The average molecular weight is 323 g/mol. The van der Waals surface area contributed by atoms with Crippen LogP contribution in [0.5, 0.6) is 5.88 Å². The number of hydrogen-bond donors (Lipinski definition) is 1. The normalized spacial score (nSPS) is 21.5. The molecule has 2 atom stereocenters. The molecule has 0 spiro atoms. The van der Waals surface area contributed by atoms with Crippen molar-refractivity contribution in [3.63, 3.8) is 0 Å². The highest BCUT2D eigenvalue weighted by atomic mass is 16.5. The number of hydrogen-bond acceptors (Lipinski definition) is 4. The summed E-state index contributed by atoms with van der Waals surface area (Å²) in [4.78, 5) is 12.6. The number of nitrogens with one attached hydrogen (secondary N) is 1. The summed E-state index contributed by atoms with van der Waals surface area (Å²) in [6, 6.07) is 0. The third kappa shape index (κ3) is 3.86. The van der Waals surface area contributed by atoms with E-state index in [0.717, 1.165) is 37.1 Å². The van der Waals surface area contributed by atoms with E-state index >= 15 is 0 Å². The van der Waals surface area contributed by atoms with Crippen molar-refractivity contribution in [3.05, 3.63) is 11.3 Å². The van der Waals surface area contributed by atoms with E-state index in [4.69, 9.17) is 9.47 Å². The van der Waals surface area contributed by atoms with Gasteiger partial charge in [-0.15, -0.1) is 0 Å². The largest absolute Gasteiger partial charge is 0.481 e. The maximum Gasteiger partial charge on any atom is 0.226 e. The van der Waals surface area contributed by atoms with Crippen LogP contribution >= 0.6 is 0 Å². The van der Waals surface area contributed by atoms with Crippen molar-refractivity contribution in [2.45, 2.75) is 52.7 Å². The van der Waals surface area contributed by atoms with Gasteiger partial charge in [0.2, 0.25) is 11.8 Å². The number of amides is 1. The minimum Gasteiger partial charge on any atom is -0.481 e. The van der Waals surface area contributed by atoms with Crippen LogP contribution in [0, 0.1) is 11.8 Å². The fourth-order valence-electron chi connectivity index (χ4n) is 3.37. The van der Waals surface area contributed by atoms with E-state index in [0.29, 0.717) is 18.3 Å². The van der Waals surface area contributed by atoms with Gasteiger partial charge in [-0.25, -0.2) is 4.68 Å². The van der Waals surface area contributed by atoms with Gasteiger partial charge in [0.25, 0.3) is 0 Å². The summed E-state index contributed by atoms with van der Waals surface area (Å²) in [5.74, 6) is 1.04. The zero-order valence-electron chi connectivity index (χ0n) is 14.9. The van der Waals surface area contributed by atoms with E-state index in [1.807, 2.05) is 7.05 Å². The van der Waals surface area contributed by atoms with Crippen LogP contribution in [0.15, 0.2) is 0 Å². The van der Waals surface area contributed by atoms with E-state index in [1.165, 1.54) is 0 Å². The molecule has 1 saturated heterocycles. The van der Waals surface area contributed by atoms with Crippen molar-refractivity contribution in [2.24, 2.45) is 18.9 Å². The Kier molecular flexibility index (Phi) is 6.04. The number of carbonyl (C=O) groups is 1. The Morgan fingerprint density at radius 2 is 2.26 bits per heavy atom. The van der Waals surface area contributed by atoms with Crippen molar-refractivity contribution >= 4 is 5.91 Å². The van der Waals surface area contributed by atoms with Gasteiger partial charge < -0.3 is 14.8 Å². The number of rotatable bonds is 6. The van der Waals surface area contributed by atoms with E-state index in [9.17, 15) is 4.79 Å². The molecule has 1 amide bonds. The van der Waals surface area contributed by atoms with Crippen molar-refractivity contribution < 1.29 is 14.3 Å². The lowest BCUT2D eigenvalue weighted by atomic mass is 9.87. The molecule has 1 N–H and O–H groups in total. The zero-order valence-corrected chi connectivity index (χ0v) is 14.9. The quantitative estimate of drug-likeness (QED) is 0.870. The Balaban J connectivity index is 2.06. The Morgan fingerprint density at radius 1 is 1.52 bits per heavy atom. The Hall–Kier alpha value is -1.56. The summed E-state index contributed by atoms with van der Waals surface area (Å²) in [6.07, 6.45) is 2.64. The maximum absolute atomic E-state index is 12.6. The van der Waals surface area contributed by atoms with Gasteiger partial charge in [0.05, 0.1) is 30.4 Å². The Bertz CT molecular complexity index is 539. The molecular formula is C17H29N3O3. The molecule has 0 unspecified atom stereocenters. The fraction of sp³-hybridized carbons (Fsp3) is 0.765. The molecule has 6 nitrogen and oxygen atoms in total. The van der Waals surface area contributed by atoms with Gasteiger partial charge in [-0.2, -0.15) is 5.10 Å². The van der Waals surface area contributed by atoms with E-state index in [2.05, 4.69) is 31.2 Å². The molecule has 0 aliphatic carbocycles. The summed E-state index contributed by atoms with van der Waals surface area (Å²) in [6.45, 7) is 7.46. The number of aromatic nitrogens is 2. The standard InChI is InChI=1S/C17H29N3O3/c1-6-14-13(17(22-5)20(4)19-14)10-18-16(21)12-8-7-9-23-15(12)11(2)3/h11-12,15H,6-10H2,1-5H3,(H,18,21)/t12-,15-/m1/s1. The van der Waals surface area contributed by atoms with Crippen molar-refractivity contribution in [1.82, 2.24) is 15.1 Å². The lowest BCUT2D eigenvalue weighted by molar-refractivity contribution is -0.137. The summed E-state index contributed by atoms with van der Waals surface area (Å²) < 4.78 is 13.0. The summed E-state index contributed by atoms with van der Waals surface area (Å²) in [7, 11) is 3.48. The van der Waals surface area contributed by atoms with Crippen LogP contribution in [-0.4, -0.2) is 35.5 Å². The molecule has 0 saturated carbocycles. The number of ether oxygens (including phenoxy) is 2. The highest BCUT2D eigenvalue weighted by molar-refractivity contribution is 5.79. The number of methoxy groups -OCH3 is 1. The second-order valence-corrected chi connectivity index (χ2v) is 6.46. The van der Waals surface area contributed by atoms with Crippen LogP contribution in [0.4, 0.5) is 0 Å². The van der Waals surface area contributed by atoms with Gasteiger partial charge in [0, 0.05) is 20.2 Å². The fourth-order valence-corrected chi connectivity index (χ4v) is 3.37. The van der Waals surface area contributed by atoms with Crippen LogP contribution in [0.2, 0.25) is 0 Å². The molecule has 1 aromatic heterocycles. The monoisotopic (exact) mass is 323 g/mol. The minimum absolute atomic E-state index is 0.00481. The summed E-state index contributed by atoms with van der Waals surface area (Å²) in [5, 5.41) is 7.51. The molecule has 1 aromatic rings. The Morgan fingerprint density at radius 3 is 2.87 bits per heavy atom. The van der Waals surface area contributed by atoms with Gasteiger partial charge in [-0.1, -0.05) is 20.8 Å². The van der Waals surface area contributed by atoms with Gasteiger partial charge in [0.1, 0.15) is 0 Å². The second kappa shape index (κ2) is 7.81. The predicted octanol–water partition coefficient (Wildman–Crippen LogP) is 2.06. The molecule has 2 heterocycles. The first-order valence-electron chi connectivity index (χ1n) is 8.47. The van der Waals surface area contributed by atoms with E-state index < -0.39 is 0 Å². The second-order valence-electron chi connectivity index (χ2n) is 6.46. The molecule has 0 radical (unpaired) electrons. The first kappa shape index (κ1) is 17.8. The Labute approximate surface area is 138 Å². The van der Waals surface area contributed by atoms with Crippen LogP contribution in [0.1, 0.15) is 44.9 Å². The minimum atomic E-state index is -0.0727. The molecule has 2 rings (SSSR count). The van der Waals surface area contributed by atoms with Crippen LogP contribution in [0.25, 0.3) is 0 Å². The number of aryl methyl sites for hydroxylation is 2. The van der Waals surface area contributed by atoms with E-state index in [-0.39, 0.29) is 17.9 Å². The van der Waals surface area contributed by atoms with Gasteiger partial charge in [-0.05, 0) is 25.2 Å². The highest BCUT2D eigenvalue weighted by Gasteiger charge is 2.34. The molecule has 0 aromatic carbocycles. The van der Waals surface area contributed by atoms with Crippen LogP contribution in [-0.2, 0) is 29.5 Å². The highest BCUT2D eigenvalue weighted by Crippen LogP contribution is 2.27. The SMILES string of the molecule is CCc1nn(C)c(OC)c1CNC(=O)[C@@H]1CCCO[C@@H]1C(C)C. The zero-order chi connectivity index (χ0) is 17.0. The van der Waals surface area contributed by atoms with Crippen LogP contribution in [0.3, 0.4) is 0 Å². The van der Waals surface area contributed by atoms with Gasteiger partial charge >= 0.3 is 0 Å². The number of carbonyl (C=O) groups excluding carboxylic acids is 1. The third-order valence-electron chi connectivity index (χ3n) is 4.50. The van der Waals surface area contributed by atoms with Gasteiger partial charge in [0.15, 0.2) is 0 Å². The molecule has 23 heavy (non-hydrogen) atoms. The van der Waals surface area contributed by atoms with Crippen molar-refractivity contribution in [3.8, 4) is 5.88 Å². The third-order valence-corrected chi connectivity index (χ3v) is 4.50. The predicted molar refractivity (Wildman–Crippen MR) is 88.3 cm³/mol. The maximum atomic E-state index is 12.6. The molecular weight excluding hydrogens is 294 g/mol. The first-order valence-corrected chi connectivity index (χ1v) is 8.47. The number of nitrogens with zero attached hydrogens (tertiary/aromatic N) is 2. The average Bonchev–Trinajstić information content (AvgIpc) is 2.87. The van der Waals surface area contributed by atoms with Crippen LogP contribution < -0.4 is 10.1 Å². The topological polar surface area (TPSA) is 65.4 Å². The van der Waals surface area contributed by atoms with Crippen molar-refractivity contribution in [2.75, 3.05) is 13.7 Å². The summed E-state index contributed by atoms with van der Waals surface area (Å²) in [5.41, 5.74) is 1.92. The summed E-state index contributed by atoms with van der Waals surface area (Å²) >= 11 is 0. The van der Waals surface area contributed by atoms with Crippen molar-refractivity contribution in [1.29, 1.82) is 0 Å².